The van der Waals surface area contributed by atoms with Gasteiger partial charge in [0.2, 0.25) is 15.9 Å². The molecule has 1 rings (SSSR count). The number of carbonyl (C=O) groups excluding carboxylic acids is 2. The van der Waals surface area contributed by atoms with Crippen LogP contribution in [0.15, 0.2) is 29.2 Å². The van der Waals surface area contributed by atoms with Gasteiger partial charge in [0.05, 0.1) is 17.4 Å². The molecule has 0 saturated carbocycles. The molecule has 1 amide bonds. The fourth-order valence-electron chi connectivity index (χ4n) is 2.27. The van der Waals surface area contributed by atoms with E-state index in [9.17, 15) is 18.0 Å². The first-order valence-electron chi connectivity index (χ1n) is 7.92. The summed E-state index contributed by atoms with van der Waals surface area (Å²) in [5.74, 6) is -0.955. The van der Waals surface area contributed by atoms with Gasteiger partial charge < -0.3 is 15.8 Å². The predicted octanol–water partition coefficient (Wildman–Crippen LogP) is 0.842. The highest BCUT2D eigenvalue weighted by atomic mass is 32.2. The minimum absolute atomic E-state index is 0.0689. The van der Waals surface area contributed by atoms with Gasteiger partial charge in [0.1, 0.15) is 6.54 Å². The molecule has 0 atom stereocenters. The van der Waals surface area contributed by atoms with Crippen LogP contribution in [0.2, 0.25) is 0 Å². The van der Waals surface area contributed by atoms with Gasteiger partial charge in [-0.15, -0.1) is 0 Å². The Hall–Kier alpha value is -1.97. The van der Waals surface area contributed by atoms with Gasteiger partial charge in [0.25, 0.3) is 0 Å². The number of hydrogen-bond acceptors (Lipinski definition) is 6. The van der Waals surface area contributed by atoms with Gasteiger partial charge in [-0.25, -0.2) is 8.42 Å². The first kappa shape index (κ1) is 21.1. The van der Waals surface area contributed by atoms with Crippen LogP contribution in [0.5, 0.6) is 0 Å². The van der Waals surface area contributed by atoms with Crippen molar-refractivity contribution in [2.75, 3.05) is 25.5 Å². The molecule has 0 bridgehead atoms. The van der Waals surface area contributed by atoms with Crippen molar-refractivity contribution >= 4 is 27.6 Å². The van der Waals surface area contributed by atoms with Crippen LogP contribution in [-0.2, 0) is 24.3 Å². The molecule has 9 heteroatoms. The Kier molecular flexibility index (Phi) is 7.53. The minimum atomic E-state index is -3.90. The van der Waals surface area contributed by atoms with E-state index >= 15 is 0 Å². The van der Waals surface area contributed by atoms with E-state index in [0.717, 1.165) is 7.11 Å². The molecule has 25 heavy (non-hydrogen) atoms. The number of anilines is 1. The third-order valence-corrected chi connectivity index (χ3v) is 5.66. The van der Waals surface area contributed by atoms with Gasteiger partial charge in [-0.3, -0.25) is 9.59 Å². The smallest absolute Gasteiger partial charge is 0.320 e. The highest BCUT2D eigenvalue weighted by molar-refractivity contribution is 7.89. The number of benzene rings is 1. The lowest BCUT2D eigenvalue weighted by Gasteiger charge is -2.28. The summed E-state index contributed by atoms with van der Waals surface area (Å²) in [5, 5.41) is 2.72. The van der Waals surface area contributed by atoms with Crippen LogP contribution in [0.4, 0.5) is 5.69 Å². The summed E-state index contributed by atoms with van der Waals surface area (Å²) in [5.41, 5.74) is 5.40. The maximum Gasteiger partial charge on any atom is 0.320 e. The Morgan fingerprint density at radius 2 is 1.88 bits per heavy atom. The number of carbonyl (C=O) groups is 2. The van der Waals surface area contributed by atoms with E-state index in [1.165, 1.54) is 18.2 Å². The number of nitrogens with one attached hydrogen (secondary N) is 2. The third kappa shape index (κ3) is 5.25. The zero-order chi connectivity index (χ0) is 19.1. The quantitative estimate of drug-likeness (QED) is 0.552. The molecule has 0 heterocycles. The largest absolute Gasteiger partial charge is 0.468 e. The molecule has 8 nitrogen and oxygen atoms in total. The van der Waals surface area contributed by atoms with Gasteiger partial charge in [-0.1, -0.05) is 19.9 Å². The van der Waals surface area contributed by atoms with Crippen molar-refractivity contribution < 1.29 is 22.7 Å². The van der Waals surface area contributed by atoms with E-state index in [-0.39, 0.29) is 17.3 Å². The first-order chi connectivity index (χ1) is 11.7. The summed E-state index contributed by atoms with van der Waals surface area (Å²) in [6, 6.07) is 5.78. The standard InChI is InChI=1S/C16H25N3O5S/c1-4-16(5-2,11-17)15(21)19-12-7-6-8-13(9-12)25(22,23)18-10-14(20)24-3/h6-9,18H,4-5,10-11,17H2,1-3H3,(H,19,21). The second kappa shape index (κ2) is 8.93. The van der Waals surface area contributed by atoms with Gasteiger partial charge >= 0.3 is 5.97 Å². The zero-order valence-electron chi connectivity index (χ0n) is 14.7. The lowest BCUT2D eigenvalue weighted by atomic mass is 9.81. The maximum atomic E-state index is 12.5. The summed E-state index contributed by atoms with van der Waals surface area (Å²) < 4.78 is 30.9. The van der Waals surface area contributed by atoms with Crippen LogP contribution >= 0.6 is 0 Å². The Morgan fingerprint density at radius 1 is 1.24 bits per heavy atom. The Bertz CT molecular complexity index is 706. The van der Waals surface area contributed by atoms with Crippen LogP contribution < -0.4 is 15.8 Å². The number of rotatable bonds is 9. The third-order valence-electron chi connectivity index (χ3n) is 4.26. The topological polar surface area (TPSA) is 128 Å². The molecule has 0 aromatic heterocycles. The van der Waals surface area contributed by atoms with Crippen LogP contribution in [0.1, 0.15) is 26.7 Å². The fourth-order valence-corrected chi connectivity index (χ4v) is 3.28. The molecule has 1 aromatic rings. The number of nitrogens with two attached hydrogens (primary N) is 1. The Morgan fingerprint density at radius 3 is 2.40 bits per heavy atom. The van der Waals surface area contributed by atoms with Crippen molar-refractivity contribution in [3.63, 3.8) is 0 Å². The lowest BCUT2D eigenvalue weighted by Crippen LogP contribution is -2.41. The van der Waals surface area contributed by atoms with E-state index in [0.29, 0.717) is 18.5 Å². The van der Waals surface area contributed by atoms with Gasteiger partial charge in [0.15, 0.2) is 0 Å². The molecule has 0 radical (unpaired) electrons. The summed E-state index contributed by atoms with van der Waals surface area (Å²) in [6.07, 6.45) is 1.15. The van der Waals surface area contributed by atoms with Crippen molar-refractivity contribution in [1.29, 1.82) is 0 Å². The van der Waals surface area contributed by atoms with Crippen LogP contribution in [0, 0.1) is 5.41 Å². The monoisotopic (exact) mass is 371 g/mol. The molecule has 0 unspecified atom stereocenters. The van der Waals surface area contributed by atoms with E-state index in [1.54, 1.807) is 6.07 Å². The number of ether oxygens (including phenoxy) is 1. The number of esters is 1. The molecule has 4 N–H and O–H groups in total. The average molecular weight is 371 g/mol. The van der Waals surface area contributed by atoms with E-state index in [4.69, 9.17) is 5.73 Å². The van der Waals surface area contributed by atoms with Crippen LogP contribution in [0.25, 0.3) is 0 Å². The van der Waals surface area contributed by atoms with Gasteiger partial charge in [-0.05, 0) is 31.0 Å². The minimum Gasteiger partial charge on any atom is -0.468 e. The Labute approximate surface area is 148 Å². The summed E-state index contributed by atoms with van der Waals surface area (Å²) in [7, 11) is -2.74. The average Bonchev–Trinajstić information content (AvgIpc) is 2.62. The number of amides is 1. The molecule has 0 fully saturated rings. The van der Waals surface area contributed by atoms with Crippen molar-refractivity contribution in [2.24, 2.45) is 11.1 Å². The van der Waals surface area contributed by atoms with E-state index in [1.807, 2.05) is 13.8 Å². The summed E-state index contributed by atoms with van der Waals surface area (Å²) in [6.45, 7) is 3.49. The molecule has 0 saturated heterocycles. The number of sulfonamides is 1. The highest BCUT2D eigenvalue weighted by Crippen LogP contribution is 2.27. The molecule has 0 aliphatic carbocycles. The fraction of sp³-hybridized carbons (Fsp3) is 0.500. The highest BCUT2D eigenvalue weighted by Gasteiger charge is 2.33. The normalized spacial score (nSPS) is 11.8. The first-order valence-corrected chi connectivity index (χ1v) is 9.41. The molecule has 0 aliphatic heterocycles. The Balaban J connectivity index is 2.98. The molecule has 0 aliphatic rings. The molecule has 1 aromatic carbocycles. The van der Waals surface area contributed by atoms with Crippen molar-refractivity contribution in [3.05, 3.63) is 24.3 Å². The van der Waals surface area contributed by atoms with Gasteiger partial charge in [0, 0.05) is 12.2 Å². The number of methoxy groups -OCH3 is 1. The van der Waals surface area contributed by atoms with Crippen molar-refractivity contribution in [1.82, 2.24) is 4.72 Å². The number of hydrogen-bond donors (Lipinski definition) is 3. The second-order valence-corrected chi connectivity index (χ2v) is 7.34. The SMILES string of the molecule is CCC(CC)(CN)C(=O)Nc1cccc(S(=O)(=O)NCC(=O)OC)c1. The molecule has 140 valence electrons. The second-order valence-electron chi connectivity index (χ2n) is 5.57. The maximum absolute atomic E-state index is 12.5. The summed E-state index contributed by atoms with van der Waals surface area (Å²) in [4.78, 5) is 23.6. The van der Waals surface area contributed by atoms with Crippen molar-refractivity contribution in [3.8, 4) is 0 Å². The lowest BCUT2D eigenvalue weighted by molar-refractivity contribution is -0.139. The van der Waals surface area contributed by atoms with Crippen molar-refractivity contribution in [2.45, 2.75) is 31.6 Å². The zero-order valence-corrected chi connectivity index (χ0v) is 15.5. The molecule has 0 spiro atoms. The van der Waals surface area contributed by atoms with Crippen LogP contribution in [-0.4, -0.2) is 40.5 Å². The van der Waals surface area contributed by atoms with Gasteiger partial charge in [-0.2, -0.15) is 4.72 Å². The van der Waals surface area contributed by atoms with Crippen LogP contribution in [0.3, 0.4) is 0 Å². The molecular formula is C16H25N3O5S. The molecular weight excluding hydrogens is 346 g/mol. The predicted molar refractivity (Wildman–Crippen MR) is 94.3 cm³/mol. The summed E-state index contributed by atoms with van der Waals surface area (Å²) >= 11 is 0. The van der Waals surface area contributed by atoms with E-state index < -0.39 is 28.0 Å². The van der Waals surface area contributed by atoms with E-state index in [2.05, 4.69) is 14.8 Å².